The van der Waals surface area contributed by atoms with Gasteiger partial charge in [-0.1, -0.05) is 29.8 Å². The van der Waals surface area contributed by atoms with Crippen LogP contribution in [0.25, 0.3) is 0 Å². The van der Waals surface area contributed by atoms with E-state index in [-0.39, 0.29) is 23.2 Å². The third kappa shape index (κ3) is 5.68. The number of halogens is 2. The molecule has 9 heteroatoms. The van der Waals surface area contributed by atoms with Gasteiger partial charge in [0.25, 0.3) is 0 Å². The van der Waals surface area contributed by atoms with Gasteiger partial charge in [-0.05, 0) is 30.7 Å². The third-order valence-corrected chi connectivity index (χ3v) is 3.76. The summed E-state index contributed by atoms with van der Waals surface area (Å²) < 4.78 is 25.0. The van der Waals surface area contributed by atoms with Crippen molar-refractivity contribution < 1.29 is 23.5 Å². The molecule has 28 heavy (non-hydrogen) atoms. The molecule has 0 fully saturated rings. The number of carbonyl (C=O) groups is 2. The summed E-state index contributed by atoms with van der Waals surface area (Å²) in [5.74, 6) is -1.50. The summed E-state index contributed by atoms with van der Waals surface area (Å²) in [5.41, 5.74) is 2.96. The lowest BCUT2D eigenvalue weighted by molar-refractivity contribution is -0.138. The van der Waals surface area contributed by atoms with Gasteiger partial charge in [-0.15, -0.1) is 0 Å². The number of nitrogens with zero attached hydrogens (tertiary/aromatic N) is 1. The number of amides is 2. The smallest absolute Gasteiger partial charge is 0.329 e. The molecule has 0 saturated heterocycles. The standard InChI is InChI=1S/C19H19ClFN3O4/c1-3-27-16-9-12(10-23-24-19(26)18(25)22-2)8-14(20)17(16)28-11-13-6-4-5-7-15(13)21/h4-10H,3,11H2,1-2H3,(H,22,25)(H,24,26)/b23-10-. The molecule has 0 heterocycles. The van der Waals surface area contributed by atoms with Crippen molar-refractivity contribution in [3.63, 3.8) is 0 Å². The summed E-state index contributed by atoms with van der Waals surface area (Å²) >= 11 is 6.28. The molecule has 0 unspecified atom stereocenters. The van der Waals surface area contributed by atoms with E-state index in [4.69, 9.17) is 21.1 Å². The van der Waals surface area contributed by atoms with E-state index in [0.717, 1.165) is 0 Å². The van der Waals surface area contributed by atoms with Gasteiger partial charge in [0.1, 0.15) is 12.4 Å². The van der Waals surface area contributed by atoms with E-state index in [9.17, 15) is 14.0 Å². The Morgan fingerprint density at radius 3 is 2.64 bits per heavy atom. The quantitative estimate of drug-likeness (QED) is 0.419. The SMILES string of the molecule is CCOc1cc(/C=N\NC(=O)C(=O)NC)cc(Cl)c1OCc1ccccc1F. The number of ether oxygens (including phenoxy) is 2. The predicted molar refractivity (Wildman–Crippen MR) is 103 cm³/mol. The number of hydrogen-bond donors (Lipinski definition) is 2. The average Bonchev–Trinajstić information content (AvgIpc) is 2.68. The number of rotatable bonds is 7. The van der Waals surface area contributed by atoms with Crippen molar-refractivity contribution in [3.05, 3.63) is 58.4 Å². The number of nitrogens with one attached hydrogen (secondary N) is 2. The molecule has 0 radical (unpaired) electrons. The maximum atomic E-state index is 13.8. The first kappa shape index (κ1) is 21.2. The van der Waals surface area contributed by atoms with Gasteiger partial charge >= 0.3 is 11.8 Å². The molecule has 0 aliphatic rings. The molecule has 0 bridgehead atoms. The van der Waals surface area contributed by atoms with Gasteiger partial charge in [-0.3, -0.25) is 9.59 Å². The van der Waals surface area contributed by atoms with E-state index in [1.54, 1.807) is 31.2 Å². The summed E-state index contributed by atoms with van der Waals surface area (Å²) in [7, 11) is 1.33. The highest BCUT2D eigenvalue weighted by Crippen LogP contribution is 2.37. The van der Waals surface area contributed by atoms with Crippen molar-refractivity contribution in [2.75, 3.05) is 13.7 Å². The Balaban J connectivity index is 2.17. The van der Waals surface area contributed by atoms with Crippen molar-refractivity contribution in [1.82, 2.24) is 10.7 Å². The molecular weight excluding hydrogens is 389 g/mol. The Labute approximate surface area is 166 Å². The van der Waals surface area contributed by atoms with E-state index in [0.29, 0.717) is 23.5 Å². The van der Waals surface area contributed by atoms with Crippen molar-refractivity contribution in [2.45, 2.75) is 13.5 Å². The minimum Gasteiger partial charge on any atom is -0.490 e. The second-order valence-corrected chi connectivity index (χ2v) is 5.83. The largest absolute Gasteiger partial charge is 0.490 e. The molecular formula is C19H19ClFN3O4. The van der Waals surface area contributed by atoms with Gasteiger partial charge in [-0.2, -0.15) is 5.10 Å². The minimum absolute atomic E-state index is 0.0257. The van der Waals surface area contributed by atoms with Crippen LogP contribution in [0, 0.1) is 5.82 Å². The zero-order chi connectivity index (χ0) is 20.5. The summed E-state index contributed by atoms with van der Waals surface area (Å²) in [6.07, 6.45) is 1.30. The van der Waals surface area contributed by atoms with E-state index < -0.39 is 11.8 Å². The molecule has 2 aromatic carbocycles. The molecule has 0 saturated carbocycles. The van der Waals surface area contributed by atoms with Crippen LogP contribution >= 0.6 is 11.6 Å². The van der Waals surface area contributed by atoms with Crippen molar-refractivity contribution >= 4 is 29.6 Å². The van der Waals surface area contributed by atoms with Crippen molar-refractivity contribution in [3.8, 4) is 11.5 Å². The average molecular weight is 408 g/mol. The lowest BCUT2D eigenvalue weighted by atomic mass is 10.2. The number of hydrazone groups is 1. The lowest BCUT2D eigenvalue weighted by Crippen LogP contribution is -2.35. The number of likely N-dealkylation sites (N-methyl/N-ethyl adjacent to an activating group) is 1. The third-order valence-electron chi connectivity index (χ3n) is 3.47. The highest BCUT2D eigenvalue weighted by atomic mass is 35.5. The van der Waals surface area contributed by atoms with E-state index in [1.807, 2.05) is 0 Å². The van der Waals surface area contributed by atoms with E-state index in [2.05, 4.69) is 15.8 Å². The second kappa shape index (κ2) is 10.3. The first-order chi connectivity index (χ1) is 13.5. The van der Waals surface area contributed by atoms with Crippen molar-refractivity contribution in [2.24, 2.45) is 5.10 Å². The van der Waals surface area contributed by atoms with Crippen LogP contribution in [0.5, 0.6) is 11.5 Å². The Morgan fingerprint density at radius 1 is 1.21 bits per heavy atom. The lowest BCUT2D eigenvalue weighted by Gasteiger charge is -2.14. The van der Waals surface area contributed by atoms with Crippen LogP contribution in [0.1, 0.15) is 18.1 Å². The summed E-state index contributed by atoms with van der Waals surface area (Å²) in [4.78, 5) is 22.5. The minimum atomic E-state index is -0.903. The molecule has 2 aromatic rings. The first-order valence-electron chi connectivity index (χ1n) is 8.34. The Kier molecular flexibility index (Phi) is 7.76. The maximum Gasteiger partial charge on any atom is 0.329 e. The number of benzene rings is 2. The molecule has 2 rings (SSSR count). The highest BCUT2D eigenvalue weighted by molar-refractivity contribution is 6.35. The molecule has 7 nitrogen and oxygen atoms in total. The van der Waals surface area contributed by atoms with Crippen LogP contribution in [0.15, 0.2) is 41.5 Å². The molecule has 148 valence electrons. The Bertz CT molecular complexity index is 889. The fraction of sp³-hybridized carbons (Fsp3) is 0.211. The summed E-state index contributed by atoms with van der Waals surface area (Å²) in [6, 6.07) is 9.39. The van der Waals surface area contributed by atoms with E-state index in [1.165, 1.54) is 25.4 Å². The molecule has 0 atom stereocenters. The molecule has 0 spiro atoms. The van der Waals surface area contributed by atoms with Crippen LogP contribution in [-0.4, -0.2) is 31.7 Å². The highest BCUT2D eigenvalue weighted by Gasteiger charge is 2.14. The fourth-order valence-electron chi connectivity index (χ4n) is 2.16. The van der Waals surface area contributed by atoms with Gasteiger partial charge in [0.05, 0.1) is 17.8 Å². The van der Waals surface area contributed by atoms with Crippen LogP contribution in [0.4, 0.5) is 4.39 Å². The van der Waals surface area contributed by atoms with Gasteiger partial charge < -0.3 is 14.8 Å². The molecule has 0 aromatic heterocycles. The molecule has 2 N–H and O–H groups in total. The number of carbonyl (C=O) groups excluding carboxylic acids is 2. The van der Waals surface area contributed by atoms with Crippen LogP contribution in [0.3, 0.4) is 0 Å². The monoisotopic (exact) mass is 407 g/mol. The molecule has 2 amide bonds. The normalized spacial score (nSPS) is 10.6. The van der Waals surface area contributed by atoms with Crippen LogP contribution in [0.2, 0.25) is 5.02 Å². The summed E-state index contributed by atoms with van der Waals surface area (Å²) in [6.45, 7) is 2.11. The Morgan fingerprint density at radius 2 is 1.96 bits per heavy atom. The second-order valence-electron chi connectivity index (χ2n) is 5.42. The van der Waals surface area contributed by atoms with Gasteiger partial charge in [0.15, 0.2) is 11.5 Å². The molecule has 0 aliphatic heterocycles. The van der Waals surface area contributed by atoms with Gasteiger partial charge in [0.2, 0.25) is 0 Å². The molecule has 0 aliphatic carbocycles. The predicted octanol–water partition coefficient (Wildman–Crippen LogP) is 2.65. The topological polar surface area (TPSA) is 89.0 Å². The van der Waals surface area contributed by atoms with E-state index >= 15 is 0 Å². The Hall–Kier alpha value is -3.13. The van der Waals surface area contributed by atoms with Gasteiger partial charge in [0, 0.05) is 12.6 Å². The fourth-order valence-corrected chi connectivity index (χ4v) is 2.43. The van der Waals surface area contributed by atoms with Crippen molar-refractivity contribution in [1.29, 1.82) is 0 Å². The van der Waals surface area contributed by atoms with Crippen LogP contribution in [-0.2, 0) is 16.2 Å². The first-order valence-corrected chi connectivity index (χ1v) is 8.71. The zero-order valence-electron chi connectivity index (χ0n) is 15.3. The van der Waals surface area contributed by atoms with Crippen LogP contribution < -0.4 is 20.2 Å². The number of hydrogen-bond acceptors (Lipinski definition) is 5. The zero-order valence-corrected chi connectivity index (χ0v) is 16.0. The maximum absolute atomic E-state index is 13.8. The van der Waals surface area contributed by atoms with Gasteiger partial charge in [-0.25, -0.2) is 9.82 Å². The summed E-state index contributed by atoms with van der Waals surface area (Å²) in [5, 5.41) is 6.10.